The zero-order valence-electron chi connectivity index (χ0n) is 20.4. The van der Waals surface area contributed by atoms with E-state index in [-0.39, 0.29) is 17.6 Å². The van der Waals surface area contributed by atoms with Crippen molar-refractivity contribution in [1.29, 1.82) is 0 Å². The van der Waals surface area contributed by atoms with Gasteiger partial charge in [-0.1, -0.05) is 60.7 Å². The number of halogens is 4. The Morgan fingerprint density at radius 2 is 1.44 bits per heavy atom. The molecular weight excluding hydrogens is 464 g/mol. The van der Waals surface area contributed by atoms with Crippen molar-refractivity contribution in [2.24, 2.45) is 5.92 Å². The normalized spacial score (nSPS) is 21.8. The highest BCUT2D eigenvalue weighted by atomic mass is 19.2. The van der Waals surface area contributed by atoms with Crippen LogP contribution in [0.5, 0.6) is 0 Å². The van der Waals surface area contributed by atoms with Crippen LogP contribution in [0.1, 0.15) is 73.3 Å². The molecule has 1 atom stereocenters. The zero-order chi connectivity index (χ0) is 25.2. The molecule has 0 spiro atoms. The Hall–Kier alpha value is -2.92. The largest absolute Gasteiger partial charge is 0.368 e. The Bertz CT molecular complexity index is 1250. The van der Waals surface area contributed by atoms with Crippen LogP contribution in [0.2, 0.25) is 0 Å². The second kappa shape index (κ2) is 10.6. The van der Waals surface area contributed by atoms with E-state index in [0.29, 0.717) is 41.2 Å². The highest BCUT2D eigenvalue weighted by Crippen LogP contribution is 2.40. The summed E-state index contributed by atoms with van der Waals surface area (Å²) >= 11 is 0. The lowest BCUT2D eigenvalue weighted by molar-refractivity contribution is 0.303. The molecule has 3 aromatic rings. The monoisotopic (exact) mass is 494 g/mol. The molecule has 1 saturated heterocycles. The molecule has 1 aliphatic carbocycles. The summed E-state index contributed by atoms with van der Waals surface area (Å²) < 4.78 is 64.0. The lowest BCUT2D eigenvalue weighted by Crippen LogP contribution is -2.16. The predicted octanol–water partition coefficient (Wildman–Crippen LogP) is 8.92. The van der Waals surface area contributed by atoms with E-state index >= 15 is 8.78 Å². The van der Waals surface area contributed by atoms with Crippen LogP contribution in [-0.4, -0.2) is 6.61 Å². The number of benzene rings is 3. The molecule has 5 rings (SSSR count). The van der Waals surface area contributed by atoms with Crippen molar-refractivity contribution in [3.63, 3.8) is 0 Å². The second-order valence-electron chi connectivity index (χ2n) is 9.97. The molecule has 0 radical (unpaired) electrons. The maximum Gasteiger partial charge on any atom is 0.166 e. The van der Waals surface area contributed by atoms with Gasteiger partial charge in [0.2, 0.25) is 0 Å². The van der Waals surface area contributed by atoms with Crippen LogP contribution in [0.3, 0.4) is 0 Å². The molecule has 3 aromatic carbocycles. The molecule has 0 bridgehead atoms. The standard InChI is InChI=1S/C31H30F4O/c1-2-3-19-4-9-21(10-5-19)24-16-17-25(30(34)29(24)33)22-11-6-20(7-12-22)8-13-23-14-15-26(27-18-36-27)31(35)28(23)32/h2-5,9-10,14-17,20,22,27H,6-8,11-13,18H2,1H3/b3-2+. The third-order valence-corrected chi connectivity index (χ3v) is 7.67. The fourth-order valence-electron chi connectivity index (χ4n) is 5.46. The third-order valence-electron chi connectivity index (χ3n) is 7.67. The molecule has 188 valence electrons. The average molecular weight is 495 g/mol. The number of aryl methyl sites for hydroxylation is 1. The number of ether oxygens (including phenoxy) is 1. The van der Waals surface area contributed by atoms with E-state index in [1.165, 1.54) is 0 Å². The van der Waals surface area contributed by atoms with Crippen molar-refractivity contribution in [3.05, 3.63) is 100 Å². The molecule has 1 heterocycles. The van der Waals surface area contributed by atoms with Crippen molar-refractivity contribution < 1.29 is 22.3 Å². The molecule has 1 saturated carbocycles. The summed E-state index contributed by atoms with van der Waals surface area (Å²) in [6.07, 6.45) is 8.02. The van der Waals surface area contributed by atoms with Gasteiger partial charge in [0.05, 0.1) is 6.61 Å². The average Bonchev–Trinajstić information content (AvgIpc) is 3.73. The highest BCUT2D eigenvalue weighted by molar-refractivity contribution is 5.67. The van der Waals surface area contributed by atoms with Gasteiger partial charge in [0, 0.05) is 11.1 Å². The Balaban J connectivity index is 1.20. The smallest absolute Gasteiger partial charge is 0.166 e. The molecule has 1 unspecified atom stereocenters. The molecule has 0 N–H and O–H groups in total. The van der Waals surface area contributed by atoms with Gasteiger partial charge in [0.15, 0.2) is 23.3 Å². The van der Waals surface area contributed by atoms with Gasteiger partial charge >= 0.3 is 0 Å². The fourth-order valence-corrected chi connectivity index (χ4v) is 5.46. The summed E-state index contributed by atoms with van der Waals surface area (Å²) in [5, 5.41) is 0. The minimum absolute atomic E-state index is 0.0335. The molecule has 2 aliphatic rings. The van der Waals surface area contributed by atoms with Gasteiger partial charge < -0.3 is 4.74 Å². The quantitative estimate of drug-likeness (QED) is 0.236. The van der Waals surface area contributed by atoms with Gasteiger partial charge in [-0.2, -0.15) is 0 Å². The van der Waals surface area contributed by atoms with E-state index in [4.69, 9.17) is 4.74 Å². The minimum atomic E-state index is -0.800. The van der Waals surface area contributed by atoms with Crippen LogP contribution in [0, 0.1) is 29.2 Å². The summed E-state index contributed by atoms with van der Waals surface area (Å²) in [6.45, 7) is 2.37. The molecule has 36 heavy (non-hydrogen) atoms. The lowest BCUT2D eigenvalue weighted by atomic mass is 9.76. The summed E-state index contributed by atoms with van der Waals surface area (Å²) in [7, 11) is 0. The summed E-state index contributed by atoms with van der Waals surface area (Å²) in [4.78, 5) is 0. The maximum atomic E-state index is 15.1. The van der Waals surface area contributed by atoms with Crippen molar-refractivity contribution >= 4 is 6.08 Å². The van der Waals surface area contributed by atoms with E-state index in [9.17, 15) is 8.78 Å². The Labute approximate surface area is 209 Å². The minimum Gasteiger partial charge on any atom is -0.368 e. The van der Waals surface area contributed by atoms with Crippen molar-refractivity contribution in [3.8, 4) is 11.1 Å². The fraction of sp³-hybridized carbons (Fsp3) is 0.355. The van der Waals surface area contributed by atoms with Gasteiger partial charge in [-0.15, -0.1) is 0 Å². The van der Waals surface area contributed by atoms with Gasteiger partial charge in [0.1, 0.15) is 6.10 Å². The second-order valence-corrected chi connectivity index (χ2v) is 9.97. The first-order valence-corrected chi connectivity index (χ1v) is 12.8. The molecule has 0 aromatic heterocycles. The van der Waals surface area contributed by atoms with E-state index in [0.717, 1.165) is 37.7 Å². The van der Waals surface area contributed by atoms with Gasteiger partial charge in [-0.25, -0.2) is 17.6 Å². The number of rotatable bonds is 7. The van der Waals surface area contributed by atoms with Gasteiger partial charge in [-0.3, -0.25) is 0 Å². The molecule has 2 fully saturated rings. The summed E-state index contributed by atoms with van der Waals surface area (Å²) in [6, 6.07) is 14.1. The van der Waals surface area contributed by atoms with E-state index in [1.807, 2.05) is 31.2 Å². The highest BCUT2D eigenvalue weighted by Gasteiger charge is 2.30. The topological polar surface area (TPSA) is 12.5 Å². The Kier molecular flexibility index (Phi) is 7.29. The van der Waals surface area contributed by atoms with Gasteiger partial charge in [-0.05, 0) is 79.5 Å². The molecule has 0 amide bonds. The molecule has 5 heteroatoms. The maximum absolute atomic E-state index is 15.1. The van der Waals surface area contributed by atoms with Crippen molar-refractivity contribution in [2.45, 2.75) is 57.5 Å². The van der Waals surface area contributed by atoms with Gasteiger partial charge in [0.25, 0.3) is 0 Å². The first-order valence-electron chi connectivity index (χ1n) is 12.8. The van der Waals surface area contributed by atoms with Crippen LogP contribution < -0.4 is 0 Å². The number of epoxide rings is 1. The molecular formula is C31H30F4O. The van der Waals surface area contributed by atoms with Crippen LogP contribution in [-0.2, 0) is 11.2 Å². The number of allylic oxidation sites excluding steroid dienone is 1. The lowest BCUT2D eigenvalue weighted by Gasteiger charge is -2.29. The van der Waals surface area contributed by atoms with Crippen molar-refractivity contribution in [2.75, 3.05) is 6.61 Å². The SMILES string of the molecule is C/C=C/c1ccc(-c2ccc(C3CCC(CCc4ccc(C5CO5)c(F)c4F)CC3)c(F)c2F)cc1. The molecule has 1 nitrogen and oxygen atoms in total. The summed E-state index contributed by atoms with van der Waals surface area (Å²) in [5.41, 5.74) is 3.05. The zero-order valence-corrected chi connectivity index (χ0v) is 20.4. The van der Waals surface area contributed by atoms with Crippen LogP contribution in [0.4, 0.5) is 17.6 Å². The Morgan fingerprint density at radius 1 is 0.778 bits per heavy atom. The van der Waals surface area contributed by atoms with Crippen LogP contribution in [0.15, 0.2) is 54.6 Å². The Morgan fingerprint density at radius 3 is 2.11 bits per heavy atom. The van der Waals surface area contributed by atoms with Crippen LogP contribution >= 0.6 is 0 Å². The number of hydrogen-bond donors (Lipinski definition) is 0. The van der Waals surface area contributed by atoms with Crippen molar-refractivity contribution in [1.82, 2.24) is 0 Å². The third kappa shape index (κ3) is 5.12. The van der Waals surface area contributed by atoms with Crippen LogP contribution in [0.25, 0.3) is 17.2 Å². The first kappa shape index (κ1) is 24.8. The van der Waals surface area contributed by atoms with E-state index < -0.39 is 23.3 Å². The molecule has 1 aliphatic heterocycles. The predicted molar refractivity (Wildman–Crippen MR) is 135 cm³/mol. The van der Waals surface area contributed by atoms with E-state index in [2.05, 4.69) is 0 Å². The number of hydrogen-bond acceptors (Lipinski definition) is 1. The van der Waals surface area contributed by atoms with E-state index in [1.54, 1.807) is 36.4 Å². The summed E-state index contributed by atoms with van der Waals surface area (Å²) in [5.74, 6) is -2.80. The first-order chi connectivity index (χ1) is 17.5.